The van der Waals surface area contributed by atoms with E-state index in [2.05, 4.69) is 29.2 Å². The lowest BCUT2D eigenvalue weighted by molar-refractivity contribution is 0.190. The monoisotopic (exact) mass is 220 g/mol. The summed E-state index contributed by atoms with van der Waals surface area (Å²) >= 11 is 0. The van der Waals surface area contributed by atoms with Gasteiger partial charge in [0.25, 0.3) is 0 Å². The molecular formula is C12H20N4. The van der Waals surface area contributed by atoms with E-state index in [4.69, 9.17) is 5.73 Å². The van der Waals surface area contributed by atoms with E-state index >= 15 is 0 Å². The first-order valence-corrected chi connectivity index (χ1v) is 5.83. The van der Waals surface area contributed by atoms with E-state index in [1.165, 1.54) is 12.8 Å². The van der Waals surface area contributed by atoms with Gasteiger partial charge in [0.15, 0.2) is 0 Å². The van der Waals surface area contributed by atoms with Crippen molar-refractivity contribution in [2.75, 3.05) is 24.6 Å². The van der Waals surface area contributed by atoms with Crippen molar-refractivity contribution in [1.82, 2.24) is 9.88 Å². The van der Waals surface area contributed by atoms with Gasteiger partial charge in [0.05, 0.1) is 11.9 Å². The smallest absolute Gasteiger partial charge is 0.126 e. The summed E-state index contributed by atoms with van der Waals surface area (Å²) in [5.41, 5.74) is 6.31. The molecule has 0 aliphatic carbocycles. The number of anilines is 2. The van der Waals surface area contributed by atoms with E-state index in [0.717, 1.165) is 12.4 Å². The Hall–Kier alpha value is -1.29. The first-order valence-electron chi connectivity index (χ1n) is 5.83. The van der Waals surface area contributed by atoms with Crippen LogP contribution >= 0.6 is 0 Å². The Bertz CT molecular complexity index is 335. The highest BCUT2D eigenvalue weighted by Crippen LogP contribution is 2.19. The average molecular weight is 220 g/mol. The molecule has 2 heterocycles. The SMILES string of the molecule is CC1CC(Nc2ccc(N)cn2)CCN1C. The summed E-state index contributed by atoms with van der Waals surface area (Å²) in [6.07, 6.45) is 4.04. The third-order valence-electron chi connectivity index (χ3n) is 3.35. The fraction of sp³-hybridized carbons (Fsp3) is 0.583. The average Bonchev–Trinajstić information content (AvgIpc) is 2.27. The van der Waals surface area contributed by atoms with Gasteiger partial charge in [-0.05, 0) is 38.9 Å². The molecule has 1 aliphatic heterocycles. The molecule has 0 radical (unpaired) electrons. The van der Waals surface area contributed by atoms with Crippen molar-refractivity contribution >= 4 is 11.5 Å². The maximum atomic E-state index is 5.60. The number of piperidine rings is 1. The molecule has 88 valence electrons. The molecule has 3 N–H and O–H groups in total. The van der Waals surface area contributed by atoms with Crippen LogP contribution in [0, 0.1) is 0 Å². The van der Waals surface area contributed by atoms with E-state index < -0.39 is 0 Å². The molecule has 4 heteroatoms. The van der Waals surface area contributed by atoms with E-state index in [1.54, 1.807) is 6.20 Å². The number of nitrogens with zero attached hydrogens (tertiary/aromatic N) is 2. The largest absolute Gasteiger partial charge is 0.397 e. The zero-order chi connectivity index (χ0) is 11.5. The molecule has 0 aromatic carbocycles. The Kier molecular flexibility index (Phi) is 3.29. The third kappa shape index (κ3) is 2.64. The number of nitrogens with two attached hydrogens (primary N) is 1. The van der Waals surface area contributed by atoms with Gasteiger partial charge in [-0.1, -0.05) is 0 Å². The fourth-order valence-corrected chi connectivity index (χ4v) is 2.12. The molecule has 1 fully saturated rings. The van der Waals surface area contributed by atoms with Gasteiger partial charge in [-0.25, -0.2) is 4.98 Å². The van der Waals surface area contributed by atoms with Gasteiger partial charge >= 0.3 is 0 Å². The van der Waals surface area contributed by atoms with Crippen LogP contribution in [0.3, 0.4) is 0 Å². The molecule has 0 saturated carbocycles. The van der Waals surface area contributed by atoms with Crippen LogP contribution in [0.15, 0.2) is 18.3 Å². The molecule has 2 atom stereocenters. The van der Waals surface area contributed by atoms with E-state index in [9.17, 15) is 0 Å². The molecule has 4 nitrogen and oxygen atoms in total. The van der Waals surface area contributed by atoms with Crippen LogP contribution in [-0.4, -0.2) is 35.6 Å². The van der Waals surface area contributed by atoms with Gasteiger partial charge in [0.1, 0.15) is 5.82 Å². The molecule has 0 bridgehead atoms. The lowest BCUT2D eigenvalue weighted by Gasteiger charge is -2.35. The van der Waals surface area contributed by atoms with E-state index in [-0.39, 0.29) is 0 Å². The predicted octanol–water partition coefficient (Wildman–Crippen LogP) is 1.56. The van der Waals surface area contributed by atoms with Crippen molar-refractivity contribution in [3.8, 4) is 0 Å². The Balaban J connectivity index is 1.93. The zero-order valence-electron chi connectivity index (χ0n) is 9.98. The van der Waals surface area contributed by atoms with Gasteiger partial charge in [-0.2, -0.15) is 0 Å². The van der Waals surface area contributed by atoms with Crippen molar-refractivity contribution in [3.63, 3.8) is 0 Å². The van der Waals surface area contributed by atoms with Crippen molar-refractivity contribution in [3.05, 3.63) is 18.3 Å². The first-order chi connectivity index (χ1) is 7.65. The summed E-state index contributed by atoms with van der Waals surface area (Å²) < 4.78 is 0. The lowest BCUT2D eigenvalue weighted by Crippen LogP contribution is -2.42. The number of pyridine rings is 1. The molecule has 1 aromatic rings. The van der Waals surface area contributed by atoms with Crippen LogP contribution in [0.4, 0.5) is 11.5 Å². The summed E-state index contributed by atoms with van der Waals surface area (Å²) in [5, 5.41) is 3.47. The Morgan fingerprint density at radius 1 is 1.50 bits per heavy atom. The quantitative estimate of drug-likeness (QED) is 0.794. The Morgan fingerprint density at radius 3 is 2.94 bits per heavy atom. The van der Waals surface area contributed by atoms with Gasteiger partial charge in [0.2, 0.25) is 0 Å². The van der Waals surface area contributed by atoms with E-state index in [0.29, 0.717) is 17.8 Å². The number of hydrogen-bond donors (Lipinski definition) is 2. The minimum absolute atomic E-state index is 0.530. The number of nitrogen functional groups attached to an aromatic ring is 1. The summed E-state index contributed by atoms with van der Waals surface area (Å²) in [6.45, 7) is 3.41. The summed E-state index contributed by atoms with van der Waals surface area (Å²) in [6, 6.07) is 4.99. The molecule has 1 aromatic heterocycles. The topological polar surface area (TPSA) is 54.2 Å². The van der Waals surface area contributed by atoms with Crippen LogP contribution in [0.1, 0.15) is 19.8 Å². The molecule has 0 spiro atoms. The number of nitrogens with one attached hydrogen (secondary N) is 1. The Morgan fingerprint density at radius 2 is 2.31 bits per heavy atom. The fourth-order valence-electron chi connectivity index (χ4n) is 2.12. The highest BCUT2D eigenvalue weighted by Gasteiger charge is 2.22. The van der Waals surface area contributed by atoms with Crippen molar-refractivity contribution in [1.29, 1.82) is 0 Å². The number of aromatic nitrogens is 1. The second-order valence-electron chi connectivity index (χ2n) is 4.67. The highest BCUT2D eigenvalue weighted by molar-refractivity contribution is 5.44. The second kappa shape index (κ2) is 4.70. The van der Waals surface area contributed by atoms with Crippen molar-refractivity contribution in [2.24, 2.45) is 0 Å². The van der Waals surface area contributed by atoms with E-state index in [1.807, 2.05) is 12.1 Å². The molecule has 1 aliphatic rings. The maximum Gasteiger partial charge on any atom is 0.126 e. The molecule has 16 heavy (non-hydrogen) atoms. The predicted molar refractivity (Wildman–Crippen MR) is 67.4 cm³/mol. The molecule has 1 saturated heterocycles. The first kappa shape index (κ1) is 11.2. The number of rotatable bonds is 2. The normalized spacial score (nSPS) is 26.6. The van der Waals surface area contributed by atoms with Gasteiger partial charge in [-0.3, -0.25) is 0 Å². The van der Waals surface area contributed by atoms with Gasteiger partial charge in [-0.15, -0.1) is 0 Å². The minimum atomic E-state index is 0.530. The van der Waals surface area contributed by atoms with Gasteiger partial charge < -0.3 is 16.0 Å². The van der Waals surface area contributed by atoms with Crippen LogP contribution in [0.25, 0.3) is 0 Å². The molecule has 2 unspecified atom stereocenters. The number of likely N-dealkylation sites (tertiary alicyclic amines) is 1. The lowest BCUT2D eigenvalue weighted by atomic mass is 9.99. The third-order valence-corrected chi connectivity index (χ3v) is 3.35. The van der Waals surface area contributed by atoms with Crippen LogP contribution in [0.5, 0.6) is 0 Å². The zero-order valence-corrected chi connectivity index (χ0v) is 9.98. The van der Waals surface area contributed by atoms with Crippen LogP contribution in [-0.2, 0) is 0 Å². The van der Waals surface area contributed by atoms with Crippen molar-refractivity contribution < 1.29 is 0 Å². The Labute approximate surface area is 96.8 Å². The molecule has 2 rings (SSSR count). The standard InChI is InChI=1S/C12H20N4/c1-9-7-11(5-6-16(9)2)15-12-4-3-10(13)8-14-12/h3-4,8-9,11H,5-7,13H2,1-2H3,(H,14,15). The second-order valence-corrected chi connectivity index (χ2v) is 4.67. The number of hydrogen-bond acceptors (Lipinski definition) is 4. The van der Waals surface area contributed by atoms with Crippen molar-refractivity contribution in [2.45, 2.75) is 31.8 Å². The van der Waals surface area contributed by atoms with Crippen LogP contribution in [0.2, 0.25) is 0 Å². The highest BCUT2D eigenvalue weighted by atomic mass is 15.2. The van der Waals surface area contributed by atoms with Gasteiger partial charge in [0, 0.05) is 18.6 Å². The molecular weight excluding hydrogens is 200 g/mol. The minimum Gasteiger partial charge on any atom is -0.397 e. The van der Waals surface area contributed by atoms with Crippen LogP contribution < -0.4 is 11.1 Å². The molecule has 0 amide bonds. The summed E-state index contributed by atoms with van der Waals surface area (Å²) in [5.74, 6) is 0.927. The summed E-state index contributed by atoms with van der Waals surface area (Å²) in [7, 11) is 2.18. The summed E-state index contributed by atoms with van der Waals surface area (Å²) in [4.78, 5) is 6.66. The maximum absolute atomic E-state index is 5.60.